The topological polar surface area (TPSA) is 34.1 Å². The monoisotopic (exact) mass is 328 g/mol. The second kappa shape index (κ2) is 5.29. The van der Waals surface area contributed by atoms with Crippen LogP contribution in [-0.4, -0.2) is 11.6 Å². The predicted molar refractivity (Wildman–Crippen MR) is 95.4 cm³/mol. The predicted octanol–water partition coefficient (Wildman–Crippen LogP) is 4.97. The van der Waals surface area contributed by atoms with Crippen molar-refractivity contribution < 1.29 is 9.59 Å². The van der Waals surface area contributed by atoms with Crippen LogP contribution in [0.4, 0.5) is 0 Å². The molecule has 0 heterocycles. The van der Waals surface area contributed by atoms with E-state index < -0.39 is 0 Å². The molecule has 2 nitrogen and oxygen atoms in total. The third-order valence-corrected chi connectivity index (χ3v) is 8.80. The first-order valence-electron chi connectivity index (χ1n) is 10.0. The van der Waals surface area contributed by atoms with Gasteiger partial charge in [0.25, 0.3) is 0 Å². The minimum atomic E-state index is 0.226. The fourth-order valence-electron chi connectivity index (χ4n) is 7.57. The van der Waals surface area contributed by atoms with Gasteiger partial charge in [-0.05, 0) is 86.0 Å². The Morgan fingerprint density at radius 3 is 2.58 bits per heavy atom. The average molecular weight is 328 g/mol. The molecule has 0 N–H and O–H groups in total. The molecule has 0 spiro atoms. The summed E-state index contributed by atoms with van der Waals surface area (Å²) in [5, 5.41) is 0. The van der Waals surface area contributed by atoms with Crippen LogP contribution >= 0.6 is 0 Å². The number of ketones is 2. The Kier molecular flexibility index (Phi) is 3.64. The highest BCUT2D eigenvalue weighted by molar-refractivity contribution is 5.91. The quantitative estimate of drug-likeness (QED) is 0.681. The Labute approximate surface area is 146 Å². The molecule has 24 heavy (non-hydrogen) atoms. The van der Waals surface area contributed by atoms with Crippen LogP contribution in [0.1, 0.15) is 72.6 Å². The largest absolute Gasteiger partial charge is 0.300 e. The highest BCUT2D eigenvalue weighted by Crippen LogP contribution is 2.67. The molecule has 0 aromatic carbocycles. The maximum atomic E-state index is 12.2. The van der Waals surface area contributed by atoms with Crippen LogP contribution in [-0.2, 0) is 9.59 Å². The summed E-state index contributed by atoms with van der Waals surface area (Å²) >= 11 is 0. The van der Waals surface area contributed by atoms with Gasteiger partial charge in [0.15, 0.2) is 5.78 Å². The Balaban J connectivity index is 1.72. The molecule has 0 radical (unpaired) electrons. The highest BCUT2D eigenvalue weighted by atomic mass is 16.1. The normalized spacial score (nSPS) is 50.6. The Hall–Kier alpha value is -0.920. The summed E-state index contributed by atoms with van der Waals surface area (Å²) in [5.74, 6) is 3.84. The van der Waals surface area contributed by atoms with Crippen LogP contribution in [0.2, 0.25) is 0 Å². The summed E-state index contributed by atoms with van der Waals surface area (Å²) in [6.07, 6.45) is 9.66. The molecule has 0 amide bonds. The Morgan fingerprint density at radius 2 is 1.88 bits per heavy atom. The van der Waals surface area contributed by atoms with Gasteiger partial charge in [0.1, 0.15) is 5.78 Å². The van der Waals surface area contributed by atoms with Gasteiger partial charge in [0, 0.05) is 12.3 Å². The van der Waals surface area contributed by atoms with Crippen LogP contribution in [0, 0.1) is 40.4 Å². The first-order valence-corrected chi connectivity index (χ1v) is 10.0. The number of fused-ring (bicyclic) bond motifs is 5. The summed E-state index contributed by atoms with van der Waals surface area (Å²) in [4.78, 5) is 24.2. The van der Waals surface area contributed by atoms with Gasteiger partial charge < -0.3 is 0 Å². The summed E-state index contributed by atoms with van der Waals surface area (Å²) in [6, 6.07) is 0. The lowest BCUT2D eigenvalue weighted by Gasteiger charge is -2.60. The standard InChI is InChI=1S/C22H32O2/c1-13-11-15-12-16(24)7-9-21(15,3)19-8-10-22(4)17(14(2)23)5-6-18(22)20(13)19/h12-13,17-20H,5-11H2,1-4H3/t13-,17?,18?,19?,20?,21?,22?/m1/s1. The van der Waals surface area contributed by atoms with Gasteiger partial charge in [-0.1, -0.05) is 26.3 Å². The lowest BCUT2D eigenvalue weighted by Crippen LogP contribution is -2.53. The zero-order valence-electron chi connectivity index (χ0n) is 15.7. The molecule has 3 saturated carbocycles. The van der Waals surface area contributed by atoms with Crippen molar-refractivity contribution in [3.8, 4) is 0 Å². The number of rotatable bonds is 1. The van der Waals surface area contributed by atoms with E-state index in [0.29, 0.717) is 29.3 Å². The van der Waals surface area contributed by atoms with Crippen molar-refractivity contribution in [2.75, 3.05) is 0 Å². The first-order chi connectivity index (χ1) is 11.3. The molecule has 4 aliphatic carbocycles. The molecule has 7 atom stereocenters. The van der Waals surface area contributed by atoms with E-state index in [9.17, 15) is 9.59 Å². The van der Waals surface area contributed by atoms with Crippen molar-refractivity contribution in [1.82, 2.24) is 0 Å². The second-order valence-electron chi connectivity index (χ2n) is 9.81. The van der Waals surface area contributed by atoms with E-state index in [1.165, 1.54) is 24.8 Å². The van der Waals surface area contributed by atoms with Crippen molar-refractivity contribution in [3.05, 3.63) is 11.6 Å². The molecule has 2 heteroatoms. The fourth-order valence-corrected chi connectivity index (χ4v) is 7.57. The minimum Gasteiger partial charge on any atom is -0.300 e. The van der Waals surface area contributed by atoms with E-state index in [4.69, 9.17) is 0 Å². The van der Waals surface area contributed by atoms with Gasteiger partial charge >= 0.3 is 0 Å². The second-order valence-corrected chi connectivity index (χ2v) is 9.81. The molecular weight excluding hydrogens is 296 g/mol. The third kappa shape index (κ3) is 2.07. The van der Waals surface area contributed by atoms with E-state index in [-0.39, 0.29) is 16.7 Å². The third-order valence-electron chi connectivity index (χ3n) is 8.80. The summed E-state index contributed by atoms with van der Waals surface area (Å²) < 4.78 is 0. The number of Topliss-reactive ketones (excluding diaryl/α,β-unsaturated/α-hetero) is 1. The molecule has 0 aromatic heterocycles. The summed E-state index contributed by atoms with van der Waals surface area (Å²) in [7, 11) is 0. The van der Waals surface area contributed by atoms with Crippen LogP contribution in [0.5, 0.6) is 0 Å². The molecule has 0 aromatic rings. The molecule has 0 bridgehead atoms. The molecular formula is C22H32O2. The number of hydrogen-bond acceptors (Lipinski definition) is 2. The lowest BCUT2D eigenvalue weighted by molar-refractivity contribution is -0.130. The number of allylic oxidation sites excluding steroid dienone is 1. The van der Waals surface area contributed by atoms with E-state index in [1.54, 1.807) is 0 Å². The van der Waals surface area contributed by atoms with Gasteiger partial charge in [0.05, 0.1) is 0 Å². The smallest absolute Gasteiger partial charge is 0.155 e. The highest BCUT2D eigenvalue weighted by Gasteiger charge is 2.61. The van der Waals surface area contributed by atoms with Crippen LogP contribution in [0.25, 0.3) is 0 Å². The number of carbonyl (C=O) groups is 2. The molecule has 3 fully saturated rings. The first kappa shape index (κ1) is 16.5. The zero-order valence-corrected chi connectivity index (χ0v) is 15.7. The van der Waals surface area contributed by atoms with Crippen molar-refractivity contribution in [2.45, 2.75) is 72.6 Å². The van der Waals surface area contributed by atoms with Crippen molar-refractivity contribution in [2.24, 2.45) is 40.4 Å². The van der Waals surface area contributed by atoms with Crippen molar-refractivity contribution in [3.63, 3.8) is 0 Å². The maximum Gasteiger partial charge on any atom is 0.155 e. The zero-order chi connectivity index (χ0) is 17.3. The van der Waals surface area contributed by atoms with Gasteiger partial charge in [-0.25, -0.2) is 0 Å². The van der Waals surface area contributed by atoms with Crippen LogP contribution < -0.4 is 0 Å². The SMILES string of the molecule is CC(=O)C1CCC2C3C(CCC12C)C1(C)CCC(=O)C=C1C[C@H]3C. The van der Waals surface area contributed by atoms with Crippen molar-refractivity contribution >= 4 is 11.6 Å². The fraction of sp³-hybridized carbons (Fsp3) is 0.818. The summed E-state index contributed by atoms with van der Waals surface area (Å²) in [6.45, 7) is 9.07. The average Bonchev–Trinajstić information content (AvgIpc) is 2.86. The minimum absolute atomic E-state index is 0.226. The van der Waals surface area contributed by atoms with Crippen molar-refractivity contribution in [1.29, 1.82) is 0 Å². The molecule has 132 valence electrons. The van der Waals surface area contributed by atoms with Crippen LogP contribution in [0.15, 0.2) is 11.6 Å². The number of hydrogen-bond donors (Lipinski definition) is 0. The lowest BCUT2D eigenvalue weighted by atomic mass is 9.44. The Morgan fingerprint density at radius 1 is 1.12 bits per heavy atom. The molecule has 0 saturated heterocycles. The van der Waals surface area contributed by atoms with E-state index in [1.807, 2.05) is 13.0 Å². The maximum absolute atomic E-state index is 12.2. The van der Waals surface area contributed by atoms with Gasteiger partial charge in [-0.3, -0.25) is 9.59 Å². The van der Waals surface area contributed by atoms with E-state index >= 15 is 0 Å². The molecule has 4 aliphatic rings. The number of carbonyl (C=O) groups excluding carboxylic acids is 2. The summed E-state index contributed by atoms with van der Waals surface area (Å²) in [5.41, 5.74) is 1.90. The van der Waals surface area contributed by atoms with Gasteiger partial charge in [-0.15, -0.1) is 0 Å². The van der Waals surface area contributed by atoms with Crippen LogP contribution in [0.3, 0.4) is 0 Å². The van der Waals surface area contributed by atoms with E-state index in [0.717, 1.165) is 31.6 Å². The van der Waals surface area contributed by atoms with E-state index in [2.05, 4.69) is 20.8 Å². The Bertz CT molecular complexity index is 617. The van der Waals surface area contributed by atoms with Gasteiger partial charge in [-0.2, -0.15) is 0 Å². The molecule has 6 unspecified atom stereocenters. The molecule has 0 aliphatic heterocycles. The molecule has 4 rings (SSSR count). The van der Waals surface area contributed by atoms with Gasteiger partial charge in [0.2, 0.25) is 0 Å².